The summed E-state index contributed by atoms with van der Waals surface area (Å²) in [5.74, 6) is 0.329. The Labute approximate surface area is 179 Å². The summed E-state index contributed by atoms with van der Waals surface area (Å²) in [6.45, 7) is 3.52. The molecule has 1 aromatic heterocycles. The van der Waals surface area contributed by atoms with Crippen molar-refractivity contribution in [2.75, 3.05) is 18.5 Å². The molecular formula is C23H24N2O4S. The van der Waals surface area contributed by atoms with Crippen molar-refractivity contribution in [3.8, 4) is 5.75 Å². The van der Waals surface area contributed by atoms with E-state index in [1.807, 2.05) is 36.6 Å². The number of carbonyl (C=O) groups excluding carboxylic acids is 1. The Balaban J connectivity index is 1.25. The van der Waals surface area contributed by atoms with Crippen molar-refractivity contribution in [1.82, 2.24) is 4.98 Å². The molecule has 1 aliphatic rings. The Morgan fingerprint density at radius 1 is 1.20 bits per heavy atom. The van der Waals surface area contributed by atoms with Crippen LogP contribution in [0.15, 0.2) is 53.9 Å². The van der Waals surface area contributed by atoms with Gasteiger partial charge in [0, 0.05) is 17.7 Å². The predicted molar refractivity (Wildman–Crippen MR) is 117 cm³/mol. The number of carbonyl (C=O) groups is 1. The summed E-state index contributed by atoms with van der Waals surface area (Å²) >= 11 is 1.47. The number of hydrogen-bond acceptors (Lipinski definition) is 7. The van der Waals surface area contributed by atoms with Gasteiger partial charge >= 0.3 is 5.97 Å². The number of thiazole rings is 1. The molecule has 1 aliphatic heterocycles. The first-order valence-corrected chi connectivity index (χ1v) is 10.8. The zero-order chi connectivity index (χ0) is 20.8. The molecule has 0 bridgehead atoms. The fraction of sp³-hybridized carbons (Fsp3) is 0.304. The van der Waals surface area contributed by atoms with E-state index in [1.165, 1.54) is 16.9 Å². The van der Waals surface area contributed by atoms with Gasteiger partial charge in [0.1, 0.15) is 19.0 Å². The average molecular weight is 425 g/mol. The molecule has 0 amide bonds. The van der Waals surface area contributed by atoms with Crippen molar-refractivity contribution in [3.05, 3.63) is 70.7 Å². The van der Waals surface area contributed by atoms with E-state index in [9.17, 15) is 4.79 Å². The minimum atomic E-state index is -0.387. The van der Waals surface area contributed by atoms with E-state index in [2.05, 4.69) is 10.3 Å². The van der Waals surface area contributed by atoms with Crippen molar-refractivity contribution in [3.63, 3.8) is 0 Å². The third-order valence-corrected chi connectivity index (χ3v) is 5.56. The standard InChI is InChI=1S/C23H24N2O4S/c1-16-4-8-18(9-5-16)24-23-25-19(15-30-23)13-29-22(26)17-6-10-20(11-7-17)28-14-21-3-2-12-27-21/h4-11,15,21H,2-3,12-14H2,1H3,(H,24,25)/t21-/m1/s1. The van der Waals surface area contributed by atoms with Gasteiger partial charge in [0.15, 0.2) is 5.13 Å². The van der Waals surface area contributed by atoms with Crippen molar-refractivity contribution >= 4 is 28.1 Å². The van der Waals surface area contributed by atoms with Crippen molar-refractivity contribution in [2.45, 2.75) is 32.5 Å². The van der Waals surface area contributed by atoms with Crippen LogP contribution in [-0.4, -0.2) is 30.3 Å². The molecule has 1 fully saturated rings. The summed E-state index contributed by atoms with van der Waals surface area (Å²) in [5, 5.41) is 5.90. The smallest absolute Gasteiger partial charge is 0.338 e. The molecule has 3 aromatic rings. The molecular weight excluding hydrogens is 400 g/mol. The summed E-state index contributed by atoms with van der Waals surface area (Å²) in [6.07, 6.45) is 2.28. The van der Waals surface area contributed by atoms with Gasteiger partial charge in [-0.05, 0) is 56.2 Å². The molecule has 2 aromatic carbocycles. The SMILES string of the molecule is Cc1ccc(Nc2nc(COC(=O)c3ccc(OC[C@H]4CCCO4)cc3)cs2)cc1. The van der Waals surface area contributed by atoms with Crippen molar-refractivity contribution in [1.29, 1.82) is 0 Å². The number of hydrogen-bond donors (Lipinski definition) is 1. The first-order chi connectivity index (χ1) is 14.7. The number of ether oxygens (including phenoxy) is 3. The Kier molecular flexibility index (Phi) is 6.61. The number of aryl methyl sites for hydroxylation is 1. The molecule has 2 heterocycles. The van der Waals surface area contributed by atoms with Crippen LogP contribution in [0, 0.1) is 6.92 Å². The summed E-state index contributed by atoms with van der Waals surface area (Å²) < 4.78 is 16.7. The molecule has 6 nitrogen and oxygen atoms in total. The van der Waals surface area contributed by atoms with Crippen LogP contribution < -0.4 is 10.1 Å². The van der Waals surface area contributed by atoms with Crippen LogP contribution in [0.3, 0.4) is 0 Å². The molecule has 0 unspecified atom stereocenters. The van der Waals surface area contributed by atoms with Gasteiger partial charge in [0.05, 0.1) is 17.4 Å². The molecule has 0 saturated carbocycles. The minimum Gasteiger partial charge on any atom is -0.491 e. The van der Waals surface area contributed by atoms with E-state index < -0.39 is 0 Å². The topological polar surface area (TPSA) is 69.7 Å². The van der Waals surface area contributed by atoms with E-state index in [1.54, 1.807) is 24.3 Å². The zero-order valence-electron chi connectivity index (χ0n) is 16.8. The second-order valence-corrected chi connectivity index (χ2v) is 8.04. The molecule has 156 valence electrons. The number of rotatable bonds is 8. The van der Waals surface area contributed by atoms with Gasteiger partial charge < -0.3 is 19.5 Å². The summed E-state index contributed by atoms with van der Waals surface area (Å²) in [5.41, 5.74) is 3.36. The van der Waals surface area contributed by atoms with Crippen LogP contribution in [0.1, 0.15) is 34.5 Å². The predicted octanol–water partition coefficient (Wildman–Crippen LogP) is 5.11. The molecule has 30 heavy (non-hydrogen) atoms. The maximum Gasteiger partial charge on any atom is 0.338 e. The molecule has 0 aliphatic carbocycles. The fourth-order valence-corrected chi connectivity index (χ4v) is 3.78. The molecule has 0 radical (unpaired) electrons. The number of aromatic nitrogens is 1. The van der Waals surface area contributed by atoms with Crippen molar-refractivity contribution in [2.24, 2.45) is 0 Å². The molecule has 7 heteroatoms. The second-order valence-electron chi connectivity index (χ2n) is 7.18. The van der Waals surface area contributed by atoms with Gasteiger partial charge in [-0.3, -0.25) is 0 Å². The van der Waals surface area contributed by atoms with Gasteiger partial charge in [-0.15, -0.1) is 11.3 Å². The lowest BCUT2D eigenvalue weighted by molar-refractivity contribution is 0.0468. The van der Waals surface area contributed by atoms with Crippen LogP contribution in [-0.2, 0) is 16.1 Å². The lowest BCUT2D eigenvalue weighted by Gasteiger charge is -2.11. The first-order valence-electron chi connectivity index (χ1n) is 9.95. The summed E-state index contributed by atoms with van der Waals surface area (Å²) in [4.78, 5) is 16.8. The Morgan fingerprint density at radius 2 is 2.00 bits per heavy atom. The minimum absolute atomic E-state index is 0.127. The Hall–Kier alpha value is -2.90. The first kappa shape index (κ1) is 20.4. The van der Waals surface area contributed by atoms with Gasteiger partial charge in [0.2, 0.25) is 0 Å². The maximum atomic E-state index is 12.3. The molecule has 1 atom stereocenters. The van der Waals surface area contributed by atoms with Gasteiger partial charge in [0.25, 0.3) is 0 Å². The van der Waals surface area contributed by atoms with Crippen LogP contribution >= 0.6 is 11.3 Å². The summed E-state index contributed by atoms with van der Waals surface area (Å²) in [6, 6.07) is 15.1. The largest absolute Gasteiger partial charge is 0.491 e. The fourth-order valence-electron chi connectivity index (χ4n) is 3.07. The summed E-state index contributed by atoms with van der Waals surface area (Å²) in [7, 11) is 0. The zero-order valence-corrected chi connectivity index (χ0v) is 17.6. The molecule has 0 spiro atoms. The number of nitrogens with zero attached hydrogens (tertiary/aromatic N) is 1. The number of benzene rings is 2. The number of esters is 1. The second kappa shape index (κ2) is 9.73. The maximum absolute atomic E-state index is 12.3. The van der Waals surface area contributed by atoms with Crippen LogP contribution in [0.4, 0.5) is 10.8 Å². The Bertz CT molecular complexity index is 964. The quantitative estimate of drug-likeness (QED) is 0.507. The highest BCUT2D eigenvalue weighted by Gasteiger charge is 2.16. The van der Waals surface area contributed by atoms with E-state index in [4.69, 9.17) is 14.2 Å². The van der Waals surface area contributed by atoms with Crippen LogP contribution in [0.25, 0.3) is 0 Å². The van der Waals surface area contributed by atoms with Crippen LogP contribution in [0.2, 0.25) is 0 Å². The lowest BCUT2D eigenvalue weighted by Crippen LogP contribution is -2.16. The molecule has 1 saturated heterocycles. The highest BCUT2D eigenvalue weighted by atomic mass is 32.1. The number of nitrogens with one attached hydrogen (secondary N) is 1. The van der Waals surface area contributed by atoms with Gasteiger partial charge in [-0.1, -0.05) is 17.7 Å². The highest BCUT2D eigenvalue weighted by molar-refractivity contribution is 7.13. The van der Waals surface area contributed by atoms with E-state index in [0.29, 0.717) is 23.6 Å². The molecule has 4 rings (SSSR count). The lowest BCUT2D eigenvalue weighted by atomic mass is 10.2. The van der Waals surface area contributed by atoms with Gasteiger partial charge in [-0.2, -0.15) is 0 Å². The number of anilines is 2. The highest BCUT2D eigenvalue weighted by Crippen LogP contribution is 2.22. The average Bonchev–Trinajstić information content (AvgIpc) is 3.45. The normalized spacial score (nSPS) is 15.7. The third-order valence-electron chi connectivity index (χ3n) is 4.76. The van der Waals surface area contributed by atoms with E-state index in [-0.39, 0.29) is 18.7 Å². The van der Waals surface area contributed by atoms with Crippen molar-refractivity contribution < 1.29 is 19.0 Å². The van der Waals surface area contributed by atoms with E-state index >= 15 is 0 Å². The third kappa shape index (κ3) is 5.58. The molecule has 1 N–H and O–H groups in total. The van der Waals surface area contributed by atoms with Crippen LogP contribution in [0.5, 0.6) is 5.75 Å². The monoisotopic (exact) mass is 424 g/mol. The Morgan fingerprint density at radius 3 is 2.73 bits per heavy atom. The van der Waals surface area contributed by atoms with E-state index in [0.717, 1.165) is 30.3 Å². The van der Waals surface area contributed by atoms with Gasteiger partial charge in [-0.25, -0.2) is 9.78 Å².